The predicted molar refractivity (Wildman–Crippen MR) is 61.8 cm³/mol. The molecule has 0 spiro atoms. The van der Waals surface area contributed by atoms with Crippen LogP contribution in [0.2, 0.25) is 0 Å². The normalized spacial score (nSPS) is 14.9. The summed E-state index contributed by atoms with van der Waals surface area (Å²) in [5, 5.41) is 9.26. The lowest BCUT2D eigenvalue weighted by Crippen LogP contribution is -2.04. The fraction of sp³-hybridized carbons (Fsp3) is 0.538. The van der Waals surface area contributed by atoms with Crippen LogP contribution in [-0.4, -0.2) is 18.3 Å². The van der Waals surface area contributed by atoms with Crippen molar-refractivity contribution in [3.8, 4) is 11.5 Å². The number of para-hydroxylation sites is 1. The van der Waals surface area contributed by atoms with Gasteiger partial charge in [-0.3, -0.25) is 0 Å². The number of rotatable bonds is 6. The summed E-state index contributed by atoms with van der Waals surface area (Å²) >= 11 is 0. The Bertz CT molecular complexity index is 345. The minimum atomic E-state index is -0.0130. The second-order valence-electron chi connectivity index (χ2n) is 4.09. The van der Waals surface area contributed by atoms with Crippen molar-refractivity contribution in [3.05, 3.63) is 23.8 Å². The maximum Gasteiger partial charge on any atom is 0.166 e. The molecular weight excluding hydrogens is 204 g/mol. The Hall–Kier alpha value is -1.22. The molecule has 0 bridgehead atoms. The van der Waals surface area contributed by atoms with Crippen LogP contribution in [0.5, 0.6) is 11.5 Å². The van der Waals surface area contributed by atoms with Crippen molar-refractivity contribution in [2.24, 2.45) is 5.92 Å². The molecule has 0 radical (unpaired) electrons. The highest BCUT2D eigenvalue weighted by Crippen LogP contribution is 2.35. The van der Waals surface area contributed by atoms with E-state index >= 15 is 0 Å². The van der Waals surface area contributed by atoms with Crippen LogP contribution >= 0.6 is 0 Å². The number of hydrogen-bond donors (Lipinski definition) is 1. The molecule has 1 aromatic rings. The van der Waals surface area contributed by atoms with Gasteiger partial charge in [-0.1, -0.05) is 12.1 Å². The molecule has 1 saturated carbocycles. The van der Waals surface area contributed by atoms with Crippen LogP contribution in [0, 0.1) is 5.92 Å². The molecule has 88 valence electrons. The minimum absolute atomic E-state index is 0.0130. The van der Waals surface area contributed by atoms with E-state index in [0.29, 0.717) is 18.3 Å². The van der Waals surface area contributed by atoms with Gasteiger partial charge in [-0.15, -0.1) is 0 Å². The maximum atomic E-state index is 9.26. The first-order chi connectivity index (χ1) is 7.85. The third-order valence-corrected chi connectivity index (χ3v) is 2.69. The van der Waals surface area contributed by atoms with E-state index in [4.69, 9.17) is 9.47 Å². The Labute approximate surface area is 96.0 Å². The maximum absolute atomic E-state index is 9.26. The zero-order chi connectivity index (χ0) is 11.4. The molecule has 1 aliphatic carbocycles. The standard InChI is InChI=1S/C13H18O3/c1-2-15-12-5-3-4-11(8-14)13(12)16-9-10-6-7-10/h3-5,10,14H,2,6-9H2,1H3. The Balaban J connectivity index is 2.13. The highest BCUT2D eigenvalue weighted by Gasteiger charge is 2.23. The topological polar surface area (TPSA) is 38.7 Å². The average Bonchev–Trinajstić information content (AvgIpc) is 3.11. The minimum Gasteiger partial charge on any atom is -0.490 e. The molecule has 16 heavy (non-hydrogen) atoms. The van der Waals surface area contributed by atoms with Gasteiger partial charge in [0.2, 0.25) is 0 Å². The van der Waals surface area contributed by atoms with E-state index < -0.39 is 0 Å². The number of aliphatic hydroxyl groups is 1. The lowest BCUT2D eigenvalue weighted by molar-refractivity contribution is 0.242. The van der Waals surface area contributed by atoms with Gasteiger partial charge in [0.15, 0.2) is 11.5 Å². The molecule has 0 aliphatic heterocycles. The molecule has 1 fully saturated rings. The van der Waals surface area contributed by atoms with Gasteiger partial charge in [-0.25, -0.2) is 0 Å². The zero-order valence-electron chi connectivity index (χ0n) is 9.61. The van der Waals surface area contributed by atoms with Crippen LogP contribution in [0.25, 0.3) is 0 Å². The largest absolute Gasteiger partial charge is 0.490 e. The zero-order valence-corrected chi connectivity index (χ0v) is 9.61. The van der Waals surface area contributed by atoms with E-state index in [0.717, 1.165) is 17.9 Å². The van der Waals surface area contributed by atoms with Crippen LogP contribution in [0.1, 0.15) is 25.3 Å². The molecule has 3 heteroatoms. The highest BCUT2D eigenvalue weighted by molar-refractivity contribution is 5.46. The highest BCUT2D eigenvalue weighted by atomic mass is 16.5. The lowest BCUT2D eigenvalue weighted by atomic mass is 10.2. The summed E-state index contributed by atoms with van der Waals surface area (Å²) in [6.07, 6.45) is 2.51. The quantitative estimate of drug-likeness (QED) is 0.803. The van der Waals surface area contributed by atoms with Gasteiger partial charge >= 0.3 is 0 Å². The molecule has 3 nitrogen and oxygen atoms in total. The van der Waals surface area contributed by atoms with Gasteiger partial charge in [-0.05, 0) is 31.7 Å². The summed E-state index contributed by atoms with van der Waals surface area (Å²) in [7, 11) is 0. The van der Waals surface area contributed by atoms with Crippen LogP contribution in [0.3, 0.4) is 0 Å². The number of aliphatic hydroxyl groups excluding tert-OH is 1. The Morgan fingerprint density at radius 2 is 2.12 bits per heavy atom. The Morgan fingerprint density at radius 1 is 1.31 bits per heavy atom. The van der Waals surface area contributed by atoms with Crippen molar-refractivity contribution < 1.29 is 14.6 Å². The lowest BCUT2D eigenvalue weighted by Gasteiger charge is -2.14. The van der Waals surface area contributed by atoms with E-state index in [9.17, 15) is 5.11 Å². The molecule has 0 saturated heterocycles. The summed E-state index contributed by atoms with van der Waals surface area (Å²) in [4.78, 5) is 0. The molecule has 1 aromatic carbocycles. The van der Waals surface area contributed by atoms with Gasteiger partial charge < -0.3 is 14.6 Å². The third kappa shape index (κ3) is 2.67. The molecule has 0 atom stereocenters. The number of benzene rings is 1. The molecule has 1 N–H and O–H groups in total. The Kier molecular flexibility index (Phi) is 3.67. The summed E-state index contributed by atoms with van der Waals surface area (Å²) in [5.41, 5.74) is 0.798. The first-order valence-corrected chi connectivity index (χ1v) is 5.83. The molecule has 0 heterocycles. The first kappa shape index (κ1) is 11.3. The van der Waals surface area contributed by atoms with Gasteiger partial charge in [0.05, 0.1) is 19.8 Å². The first-order valence-electron chi connectivity index (χ1n) is 5.83. The monoisotopic (exact) mass is 222 g/mol. The average molecular weight is 222 g/mol. The smallest absolute Gasteiger partial charge is 0.166 e. The second kappa shape index (κ2) is 5.21. The summed E-state index contributed by atoms with van der Waals surface area (Å²) in [6.45, 7) is 3.27. The van der Waals surface area contributed by atoms with E-state index in [1.165, 1.54) is 12.8 Å². The summed E-state index contributed by atoms with van der Waals surface area (Å²) in [5.74, 6) is 2.13. The van der Waals surface area contributed by atoms with Crippen LogP contribution < -0.4 is 9.47 Å². The Morgan fingerprint density at radius 3 is 2.75 bits per heavy atom. The molecule has 2 rings (SSSR count). The van der Waals surface area contributed by atoms with Crippen molar-refractivity contribution in [1.82, 2.24) is 0 Å². The fourth-order valence-corrected chi connectivity index (χ4v) is 1.60. The van der Waals surface area contributed by atoms with E-state index in [1.807, 2.05) is 25.1 Å². The van der Waals surface area contributed by atoms with E-state index in [2.05, 4.69) is 0 Å². The van der Waals surface area contributed by atoms with Crippen molar-refractivity contribution in [3.63, 3.8) is 0 Å². The fourth-order valence-electron chi connectivity index (χ4n) is 1.60. The van der Waals surface area contributed by atoms with Crippen molar-refractivity contribution in [2.45, 2.75) is 26.4 Å². The van der Waals surface area contributed by atoms with Crippen molar-refractivity contribution >= 4 is 0 Å². The molecule has 1 aliphatic rings. The molecule has 0 amide bonds. The van der Waals surface area contributed by atoms with Gasteiger partial charge in [0, 0.05) is 5.56 Å². The van der Waals surface area contributed by atoms with Crippen LogP contribution in [0.15, 0.2) is 18.2 Å². The van der Waals surface area contributed by atoms with Crippen molar-refractivity contribution in [1.29, 1.82) is 0 Å². The summed E-state index contributed by atoms with van der Waals surface area (Å²) < 4.78 is 11.2. The van der Waals surface area contributed by atoms with E-state index in [1.54, 1.807) is 0 Å². The van der Waals surface area contributed by atoms with Crippen LogP contribution in [-0.2, 0) is 6.61 Å². The SMILES string of the molecule is CCOc1cccc(CO)c1OCC1CC1. The van der Waals surface area contributed by atoms with Crippen molar-refractivity contribution in [2.75, 3.05) is 13.2 Å². The van der Waals surface area contributed by atoms with E-state index in [-0.39, 0.29) is 6.61 Å². The molecule has 0 unspecified atom stereocenters. The van der Waals surface area contributed by atoms with Gasteiger partial charge in [-0.2, -0.15) is 0 Å². The third-order valence-electron chi connectivity index (χ3n) is 2.69. The molecule has 0 aromatic heterocycles. The van der Waals surface area contributed by atoms with Gasteiger partial charge in [0.25, 0.3) is 0 Å². The summed E-state index contributed by atoms with van der Waals surface area (Å²) in [6, 6.07) is 5.62. The number of ether oxygens (including phenoxy) is 2. The van der Waals surface area contributed by atoms with Crippen LogP contribution in [0.4, 0.5) is 0 Å². The second-order valence-corrected chi connectivity index (χ2v) is 4.09. The number of hydrogen-bond acceptors (Lipinski definition) is 3. The predicted octanol–water partition coefficient (Wildman–Crippen LogP) is 2.37. The van der Waals surface area contributed by atoms with Gasteiger partial charge in [0.1, 0.15) is 0 Å². The molecular formula is C13H18O3.